The quantitative estimate of drug-likeness (QED) is 0.659. The Morgan fingerprint density at radius 3 is 2.73 bits per heavy atom. The summed E-state index contributed by atoms with van der Waals surface area (Å²) in [6, 6.07) is 4.27. The van der Waals surface area contributed by atoms with Gasteiger partial charge < -0.3 is 9.84 Å². The summed E-state index contributed by atoms with van der Waals surface area (Å²) in [5, 5.41) is 11.6. The summed E-state index contributed by atoms with van der Waals surface area (Å²) >= 11 is 0. The van der Waals surface area contributed by atoms with Crippen molar-refractivity contribution in [3.05, 3.63) is 23.1 Å². The van der Waals surface area contributed by atoms with Gasteiger partial charge in [-0.25, -0.2) is 0 Å². The molecule has 0 amide bonds. The van der Waals surface area contributed by atoms with Crippen LogP contribution in [0.25, 0.3) is 0 Å². The summed E-state index contributed by atoms with van der Waals surface area (Å²) in [6.45, 7) is 0. The van der Waals surface area contributed by atoms with Gasteiger partial charge in [0, 0.05) is 6.07 Å². The van der Waals surface area contributed by atoms with E-state index in [2.05, 4.69) is 5.18 Å². The fourth-order valence-electron chi connectivity index (χ4n) is 0.707. The van der Waals surface area contributed by atoms with E-state index in [-0.39, 0.29) is 11.4 Å². The second-order valence-electron chi connectivity index (χ2n) is 1.95. The number of hydrogen-bond donors (Lipinski definition) is 1. The Morgan fingerprint density at radius 2 is 2.27 bits per heavy atom. The number of rotatable bonds is 2. The summed E-state index contributed by atoms with van der Waals surface area (Å²) in [4.78, 5) is 9.98. The zero-order valence-electron chi connectivity index (χ0n) is 5.94. The molecule has 4 heteroatoms. The maximum absolute atomic E-state index is 9.98. The van der Waals surface area contributed by atoms with Crippen LogP contribution in [0.3, 0.4) is 0 Å². The van der Waals surface area contributed by atoms with Gasteiger partial charge >= 0.3 is 0 Å². The number of benzene rings is 1. The van der Waals surface area contributed by atoms with E-state index in [1.165, 1.54) is 19.2 Å². The van der Waals surface area contributed by atoms with Crippen molar-refractivity contribution >= 4 is 5.69 Å². The lowest BCUT2D eigenvalue weighted by atomic mass is 10.3. The first kappa shape index (κ1) is 7.53. The van der Waals surface area contributed by atoms with Crippen molar-refractivity contribution < 1.29 is 9.84 Å². The van der Waals surface area contributed by atoms with Gasteiger partial charge in [-0.15, -0.1) is 4.91 Å². The topological polar surface area (TPSA) is 58.9 Å². The van der Waals surface area contributed by atoms with Crippen LogP contribution in [0.15, 0.2) is 23.4 Å². The highest BCUT2D eigenvalue weighted by atomic mass is 16.5. The molecule has 58 valence electrons. The smallest absolute Gasteiger partial charge is 0.149 e. The second-order valence-corrected chi connectivity index (χ2v) is 1.95. The van der Waals surface area contributed by atoms with Gasteiger partial charge in [0.15, 0.2) is 0 Å². The summed E-state index contributed by atoms with van der Waals surface area (Å²) in [5.74, 6) is 0.328. The molecule has 1 aromatic rings. The van der Waals surface area contributed by atoms with Gasteiger partial charge in [0.1, 0.15) is 17.2 Å². The number of nitroso groups, excluding NO2 is 1. The molecule has 0 radical (unpaired) electrons. The molecule has 0 saturated heterocycles. The van der Waals surface area contributed by atoms with Gasteiger partial charge in [-0.3, -0.25) is 0 Å². The molecule has 0 aliphatic rings. The van der Waals surface area contributed by atoms with Crippen molar-refractivity contribution in [2.45, 2.75) is 0 Å². The minimum atomic E-state index is -0.167. The minimum absolute atomic E-state index is 0.0193. The molecule has 0 aliphatic carbocycles. The van der Waals surface area contributed by atoms with Crippen LogP contribution in [-0.2, 0) is 0 Å². The van der Waals surface area contributed by atoms with Crippen molar-refractivity contribution in [3.8, 4) is 11.5 Å². The normalized spacial score (nSPS) is 9.18. The third kappa shape index (κ3) is 1.46. The fraction of sp³-hybridized carbons (Fsp3) is 0.143. The molecule has 0 atom stereocenters. The summed E-state index contributed by atoms with van der Waals surface area (Å²) in [6.07, 6.45) is 0. The highest BCUT2D eigenvalue weighted by molar-refractivity contribution is 5.53. The first-order chi connectivity index (χ1) is 5.27. The van der Waals surface area contributed by atoms with E-state index < -0.39 is 0 Å². The number of methoxy groups -OCH3 is 1. The number of phenols is 1. The van der Waals surface area contributed by atoms with Gasteiger partial charge in [-0.1, -0.05) is 0 Å². The molecule has 0 spiro atoms. The average Bonchev–Trinajstić information content (AvgIpc) is 2.04. The lowest BCUT2D eigenvalue weighted by Gasteiger charge is -1.99. The van der Waals surface area contributed by atoms with E-state index in [1.807, 2.05) is 0 Å². The summed E-state index contributed by atoms with van der Waals surface area (Å²) < 4.78 is 4.79. The summed E-state index contributed by atoms with van der Waals surface area (Å²) in [5.41, 5.74) is 0.0193. The first-order valence-electron chi connectivity index (χ1n) is 2.98. The molecule has 0 saturated carbocycles. The molecule has 0 aliphatic heterocycles. The molecule has 0 aromatic heterocycles. The molecule has 0 heterocycles. The second kappa shape index (κ2) is 3.01. The largest absolute Gasteiger partial charge is 0.505 e. The molecule has 1 N–H and O–H groups in total. The van der Waals surface area contributed by atoms with Crippen molar-refractivity contribution in [1.82, 2.24) is 0 Å². The zero-order chi connectivity index (χ0) is 8.27. The maximum Gasteiger partial charge on any atom is 0.149 e. The minimum Gasteiger partial charge on any atom is -0.505 e. The molecular weight excluding hydrogens is 146 g/mol. The van der Waals surface area contributed by atoms with Crippen LogP contribution in [-0.4, -0.2) is 12.2 Å². The lowest BCUT2D eigenvalue weighted by Crippen LogP contribution is -1.80. The SMILES string of the molecule is COc1ccc(N=O)c(O)c1. The van der Waals surface area contributed by atoms with E-state index in [0.29, 0.717) is 5.75 Å². The molecule has 1 aromatic carbocycles. The van der Waals surface area contributed by atoms with Crippen LogP contribution in [0.2, 0.25) is 0 Å². The monoisotopic (exact) mass is 153 g/mol. The van der Waals surface area contributed by atoms with Crippen LogP contribution in [0.1, 0.15) is 0 Å². The van der Waals surface area contributed by atoms with Crippen molar-refractivity contribution in [2.75, 3.05) is 7.11 Å². The highest BCUT2D eigenvalue weighted by Gasteiger charge is 2.01. The van der Waals surface area contributed by atoms with Gasteiger partial charge in [-0.2, -0.15) is 0 Å². The van der Waals surface area contributed by atoms with Crippen LogP contribution in [0.5, 0.6) is 11.5 Å². The van der Waals surface area contributed by atoms with Crippen molar-refractivity contribution in [2.24, 2.45) is 5.18 Å². The number of hydrogen-bond acceptors (Lipinski definition) is 4. The fourth-order valence-corrected chi connectivity index (χ4v) is 0.707. The van der Waals surface area contributed by atoms with Gasteiger partial charge in [0.2, 0.25) is 0 Å². The number of phenolic OH excluding ortho intramolecular Hbond substituents is 1. The average molecular weight is 153 g/mol. The Hall–Kier alpha value is -1.58. The van der Waals surface area contributed by atoms with Gasteiger partial charge in [-0.05, 0) is 17.3 Å². The predicted octanol–water partition coefficient (Wildman–Crippen LogP) is 1.80. The summed E-state index contributed by atoms with van der Waals surface area (Å²) in [7, 11) is 1.47. The Morgan fingerprint density at radius 1 is 1.55 bits per heavy atom. The molecule has 0 bridgehead atoms. The highest BCUT2D eigenvalue weighted by Crippen LogP contribution is 2.29. The van der Waals surface area contributed by atoms with Crippen LogP contribution >= 0.6 is 0 Å². The Labute approximate surface area is 63.4 Å². The van der Waals surface area contributed by atoms with Crippen molar-refractivity contribution in [1.29, 1.82) is 0 Å². The standard InChI is InChI=1S/C7H7NO3/c1-11-5-2-3-6(8-10)7(9)4-5/h2-4,9H,1H3. The molecular formula is C7H7NO3. The van der Waals surface area contributed by atoms with E-state index in [1.54, 1.807) is 6.07 Å². The number of ether oxygens (including phenoxy) is 1. The lowest BCUT2D eigenvalue weighted by molar-refractivity contribution is 0.408. The third-order valence-electron chi connectivity index (χ3n) is 1.28. The van der Waals surface area contributed by atoms with Crippen LogP contribution < -0.4 is 4.74 Å². The zero-order valence-corrected chi connectivity index (χ0v) is 5.94. The van der Waals surface area contributed by atoms with E-state index >= 15 is 0 Å². The first-order valence-corrected chi connectivity index (χ1v) is 2.98. The van der Waals surface area contributed by atoms with Crippen LogP contribution in [0, 0.1) is 4.91 Å². The van der Waals surface area contributed by atoms with E-state index in [9.17, 15) is 4.91 Å². The van der Waals surface area contributed by atoms with Gasteiger partial charge in [0.25, 0.3) is 0 Å². The van der Waals surface area contributed by atoms with Crippen LogP contribution in [0.4, 0.5) is 5.69 Å². The third-order valence-corrected chi connectivity index (χ3v) is 1.28. The molecule has 4 nitrogen and oxygen atoms in total. The number of aromatic hydroxyl groups is 1. The van der Waals surface area contributed by atoms with E-state index in [0.717, 1.165) is 0 Å². The molecule has 0 unspecified atom stereocenters. The molecule has 11 heavy (non-hydrogen) atoms. The predicted molar refractivity (Wildman–Crippen MR) is 40.1 cm³/mol. The van der Waals surface area contributed by atoms with Gasteiger partial charge in [0.05, 0.1) is 7.11 Å². The Kier molecular flexibility index (Phi) is 2.06. The molecule has 1 rings (SSSR count). The van der Waals surface area contributed by atoms with E-state index in [4.69, 9.17) is 9.84 Å². The Balaban J connectivity index is 3.09. The maximum atomic E-state index is 9.98. The molecule has 0 fully saturated rings. The number of nitrogens with zero attached hydrogens (tertiary/aromatic N) is 1. The van der Waals surface area contributed by atoms with Crippen molar-refractivity contribution in [3.63, 3.8) is 0 Å². The Bertz CT molecular complexity index is 272.